The fourth-order valence-electron chi connectivity index (χ4n) is 3.24. The first kappa shape index (κ1) is 20.4. The van der Waals surface area contributed by atoms with Crippen molar-refractivity contribution in [2.75, 3.05) is 20.4 Å². The number of rotatable bonds is 8. The van der Waals surface area contributed by atoms with Gasteiger partial charge in [0.2, 0.25) is 12.7 Å². The predicted molar refractivity (Wildman–Crippen MR) is 112 cm³/mol. The van der Waals surface area contributed by atoms with E-state index < -0.39 is 0 Å². The standard InChI is InChI=1S/C22H23N5O4/c1-26(13-16-5-3-2-4-6-16)22(29)18-14-27(25-24-18)10-9-23-21(28)12-17-7-8-19-20(11-17)31-15-30-19/h2-8,11,14H,9-10,12-13,15H2,1H3,(H,23,28). The lowest BCUT2D eigenvalue weighted by Gasteiger charge is -2.15. The molecule has 9 nitrogen and oxygen atoms in total. The van der Waals surface area contributed by atoms with E-state index in [-0.39, 0.29) is 30.7 Å². The first-order valence-corrected chi connectivity index (χ1v) is 9.93. The number of hydrogen-bond donors (Lipinski definition) is 1. The lowest BCUT2D eigenvalue weighted by molar-refractivity contribution is -0.120. The highest BCUT2D eigenvalue weighted by atomic mass is 16.7. The Labute approximate surface area is 179 Å². The molecule has 3 aromatic rings. The van der Waals surface area contributed by atoms with E-state index >= 15 is 0 Å². The highest BCUT2D eigenvalue weighted by Gasteiger charge is 2.17. The number of fused-ring (bicyclic) bond motifs is 1. The summed E-state index contributed by atoms with van der Waals surface area (Å²) in [5, 5.41) is 10.8. The lowest BCUT2D eigenvalue weighted by atomic mass is 10.1. The van der Waals surface area contributed by atoms with Crippen molar-refractivity contribution >= 4 is 11.8 Å². The minimum absolute atomic E-state index is 0.113. The Kier molecular flexibility index (Phi) is 6.11. The Morgan fingerprint density at radius 3 is 2.74 bits per heavy atom. The molecule has 0 aliphatic carbocycles. The first-order valence-electron chi connectivity index (χ1n) is 9.93. The van der Waals surface area contributed by atoms with E-state index in [0.717, 1.165) is 11.1 Å². The molecule has 0 atom stereocenters. The molecule has 9 heteroatoms. The van der Waals surface area contributed by atoms with Gasteiger partial charge in [-0.1, -0.05) is 41.6 Å². The monoisotopic (exact) mass is 421 g/mol. The fraction of sp³-hybridized carbons (Fsp3) is 0.273. The zero-order valence-electron chi connectivity index (χ0n) is 17.2. The van der Waals surface area contributed by atoms with Crippen molar-refractivity contribution in [2.24, 2.45) is 0 Å². The zero-order chi connectivity index (χ0) is 21.6. The third-order valence-electron chi connectivity index (χ3n) is 4.83. The van der Waals surface area contributed by atoms with Gasteiger partial charge in [0, 0.05) is 20.1 Å². The van der Waals surface area contributed by atoms with E-state index in [0.29, 0.717) is 31.1 Å². The van der Waals surface area contributed by atoms with Crippen molar-refractivity contribution in [3.63, 3.8) is 0 Å². The molecule has 0 radical (unpaired) electrons. The van der Waals surface area contributed by atoms with Gasteiger partial charge in [0.25, 0.3) is 5.91 Å². The van der Waals surface area contributed by atoms with E-state index in [9.17, 15) is 9.59 Å². The highest BCUT2D eigenvalue weighted by Crippen LogP contribution is 2.32. The Morgan fingerprint density at radius 2 is 1.90 bits per heavy atom. The molecule has 2 heterocycles. The molecule has 0 fully saturated rings. The zero-order valence-corrected chi connectivity index (χ0v) is 17.2. The molecule has 0 bridgehead atoms. The molecule has 2 aromatic carbocycles. The normalized spacial score (nSPS) is 11.9. The number of carbonyl (C=O) groups excluding carboxylic acids is 2. The Morgan fingerprint density at radius 1 is 1.10 bits per heavy atom. The quantitative estimate of drug-likeness (QED) is 0.594. The molecular weight excluding hydrogens is 398 g/mol. The van der Waals surface area contributed by atoms with Crippen molar-refractivity contribution in [1.82, 2.24) is 25.2 Å². The van der Waals surface area contributed by atoms with E-state index in [2.05, 4.69) is 15.6 Å². The van der Waals surface area contributed by atoms with Crippen LogP contribution in [0.4, 0.5) is 0 Å². The van der Waals surface area contributed by atoms with E-state index in [4.69, 9.17) is 9.47 Å². The number of hydrogen-bond acceptors (Lipinski definition) is 6. The second kappa shape index (κ2) is 9.29. The van der Waals surface area contributed by atoms with E-state index in [1.807, 2.05) is 42.5 Å². The van der Waals surface area contributed by atoms with Gasteiger partial charge in [-0.3, -0.25) is 9.59 Å². The summed E-state index contributed by atoms with van der Waals surface area (Å²) in [5.41, 5.74) is 2.15. The molecule has 0 spiro atoms. The van der Waals surface area contributed by atoms with Crippen molar-refractivity contribution in [2.45, 2.75) is 19.5 Å². The third-order valence-corrected chi connectivity index (χ3v) is 4.83. The van der Waals surface area contributed by atoms with Crippen molar-refractivity contribution in [3.8, 4) is 11.5 Å². The van der Waals surface area contributed by atoms with Gasteiger partial charge in [0.05, 0.1) is 19.2 Å². The summed E-state index contributed by atoms with van der Waals surface area (Å²) in [6, 6.07) is 15.2. The van der Waals surface area contributed by atoms with E-state index in [1.54, 1.807) is 28.9 Å². The minimum Gasteiger partial charge on any atom is -0.454 e. The summed E-state index contributed by atoms with van der Waals surface area (Å²) in [6.45, 7) is 1.48. The van der Waals surface area contributed by atoms with Gasteiger partial charge in [-0.2, -0.15) is 0 Å². The molecule has 160 valence electrons. The van der Waals surface area contributed by atoms with Gasteiger partial charge in [-0.15, -0.1) is 5.10 Å². The SMILES string of the molecule is CN(Cc1ccccc1)C(=O)c1cn(CCNC(=O)Cc2ccc3c(c2)OCO3)nn1. The average Bonchev–Trinajstić information content (AvgIpc) is 3.43. The molecule has 1 aliphatic rings. The van der Waals surface area contributed by atoms with Gasteiger partial charge < -0.3 is 19.7 Å². The van der Waals surface area contributed by atoms with Crippen LogP contribution < -0.4 is 14.8 Å². The highest BCUT2D eigenvalue weighted by molar-refractivity contribution is 5.91. The topological polar surface area (TPSA) is 98.6 Å². The van der Waals surface area contributed by atoms with Crippen LogP contribution in [0.2, 0.25) is 0 Å². The van der Waals surface area contributed by atoms with Crippen molar-refractivity contribution in [1.29, 1.82) is 0 Å². The summed E-state index contributed by atoms with van der Waals surface area (Å²) >= 11 is 0. The molecule has 2 amide bonds. The number of ether oxygens (including phenoxy) is 2. The maximum Gasteiger partial charge on any atom is 0.276 e. The number of carbonyl (C=O) groups is 2. The second-order valence-electron chi connectivity index (χ2n) is 7.23. The van der Waals surface area contributed by atoms with Crippen LogP contribution in [0.1, 0.15) is 21.6 Å². The molecule has 31 heavy (non-hydrogen) atoms. The van der Waals surface area contributed by atoms with Crippen LogP contribution in [0.3, 0.4) is 0 Å². The maximum atomic E-state index is 12.5. The van der Waals surface area contributed by atoms with Gasteiger partial charge in [0.1, 0.15) is 0 Å². The average molecular weight is 421 g/mol. The number of nitrogens with zero attached hydrogens (tertiary/aromatic N) is 4. The van der Waals surface area contributed by atoms with Gasteiger partial charge in [-0.25, -0.2) is 4.68 Å². The van der Waals surface area contributed by atoms with Crippen LogP contribution in [0.15, 0.2) is 54.7 Å². The van der Waals surface area contributed by atoms with E-state index in [1.165, 1.54) is 0 Å². The molecular formula is C22H23N5O4. The molecule has 0 saturated carbocycles. The molecule has 0 saturated heterocycles. The molecule has 0 unspecified atom stereocenters. The van der Waals surface area contributed by atoms with Crippen LogP contribution in [0.5, 0.6) is 11.5 Å². The van der Waals surface area contributed by atoms with Crippen LogP contribution >= 0.6 is 0 Å². The van der Waals surface area contributed by atoms with Crippen LogP contribution in [-0.4, -0.2) is 52.1 Å². The Bertz CT molecular complexity index is 1070. The summed E-state index contributed by atoms with van der Waals surface area (Å²) in [6.07, 6.45) is 1.83. The second-order valence-corrected chi connectivity index (χ2v) is 7.23. The van der Waals surface area contributed by atoms with Gasteiger partial charge in [-0.05, 0) is 23.3 Å². The molecule has 1 aliphatic heterocycles. The van der Waals surface area contributed by atoms with Crippen LogP contribution in [0.25, 0.3) is 0 Å². The number of amides is 2. The van der Waals surface area contributed by atoms with Crippen molar-refractivity contribution in [3.05, 3.63) is 71.5 Å². The maximum absolute atomic E-state index is 12.5. The smallest absolute Gasteiger partial charge is 0.276 e. The predicted octanol–water partition coefficient (Wildman–Crippen LogP) is 1.64. The number of aromatic nitrogens is 3. The number of nitrogens with one attached hydrogen (secondary N) is 1. The van der Waals surface area contributed by atoms with Crippen LogP contribution in [0, 0.1) is 0 Å². The summed E-state index contributed by atoms with van der Waals surface area (Å²) < 4.78 is 12.1. The number of benzene rings is 2. The first-order chi connectivity index (χ1) is 15.1. The summed E-state index contributed by atoms with van der Waals surface area (Å²) in [5.74, 6) is 1.03. The lowest BCUT2D eigenvalue weighted by Crippen LogP contribution is -2.28. The summed E-state index contributed by atoms with van der Waals surface area (Å²) in [4.78, 5) is 26.3. The Balaban J connectivity index is 1.23. The van der Waals surface area contributed by atoms with Crippen molar-refractivity contribution < 1.29 is 19.1 Å². The fourth-order valence-corrected chi connectivity index (χ4v) is 3.24. The molecule has 1 N–H and O–H groups in total. The summed E-state index contributed by atoms with van der Waals surface area (Å²) in [7, 11) is 1.73. The largest absolute Gasteiger partial charge is 0.454 e. The Hall–Kier alpha value is -3.88. The minimum atomic E-state index is -0.207. The molecule has 4 rings (SSSR count). The molecule has 1 aromatic heterocycles. The van der Waals surface area contributed by atoms with Gasteiger partial charge in [0.15, 0.2) is 17.2 Å². The third kappa shape index (κ3) is 5.19. The van der Waals surface area contributed by atoms with Crippen LogP contribution in [-0.2, 0) is 24.3 Å². The van der Waals surface area contributed by atoms with Gasteiger partial charge >= 0.3 is 0 Å².